The minimum Gasteiger partial charge on any atom is -0.481 e. The summed E-state index contributed by atoms with van der Waals surface area (Å²) in [5.41, 5.74) is 1.38. The molecule has 1 atom stereocenters. The van der Waals surface area contributed by atoms with Crippen LogP contribution >= 0.6 is 0 Å². The summed E-state index contributed by atoms with van der Waals surface area (Å²) in [6.07, 6.45) is -0.965. The van der Waals surface area contributed by atoms with Gasteiger partial charge in [-0.25, -0.2) is 4.79 Å². The molecule has 1 amide bonds. The molecule has 0 aliphatic carbocycles. The molecular weight excluding hydrogens is 314 g/mol. The lowest BCUT2D eigenvalue weighted by atomic mass is 10.1. The Bertz CT molecular complexity index is 839. The van der Waals surface area contributed by atoms with E-state index in [1.165, 1.54) is 0 Å². The van der Waals surface area contributed by atoms with Crippen molar-refractivity contribution in [2.45, 2.75) is 33.3 Å². The van der Waals surface area contributed by atoms with Crippen LogP contribution in [0.15, 0.2) is 27.4 Å². The number of carboxylic acid groups (broad SMARTS) is 1. The van der Waals surface area contributed by atoms with E-state index < -0.39 is 23.6 Å². The van der Waals surface area contributed by atoms with Gasteiger partial charge in [0.25, 0.3) is 5.91 Å². The van der Waals surface area contributed by atoms with E-state index in [0.29, 0.717) is 16.9 Å². The van der Waals surface area contributed by atoms with Gasteiger partial charge in [0.2, 0.25) is 0 Å². The second-order valence-electron chi connectivity index (χ2n) is 5.49. The maximum atomic E-state index is 11.8. The molecule has 1 heterocycles. The van der Waals surface area contributed by atoms with Crippen LogP contribution in [0.3, 0.4) is 0 Å². The van der Waals surface area contributed by atoms with Crippen LogP contribution < -0.4 is 15.7 Å². The van der Waals surface area contributed by atoms with Crippen molar-refractivity contribution >= 4 is 22.8 Å². The van der Waals surface area contributed by atoms with Crippen molar-refractivity contribution in [3.63, 3.8) is 0 Å². The first-order valence-corrected chi connectivity index (χ1v) is 7.50. The zero-order valence-corrected chi connectivity index (χ0v) is 13.7. The number of carbonyl (C=O) groups excluding carboxylic acids is 1. The lowest BCUT2D eigenvalue weighted by Gasteiger charge is -2.15. The van der Waals surface area contributed by atoms with Gasteiger partial charge >= 0.3 is 11.6 Å². The molecule has 0 saturated heterocycles. The predicted octanol–water partition coefficient (Wildman–Crippen LogP) is 1.77. The Balaban J connectivity index is 2.12. The van der Waals surface area contributed by atoms with Crippen LogP contribution in [0, 0.1) is 13.8 Å². The Kier molecular flexibility index (Phi) is 5.23. The topological polar surface area (TPSA) is 106 Å². The van der Waals surface area contributed by atoms with Gasteiger partial charge in [-0.2, -0.15) is 0 Å². The second kappa shape index (κ2) is 7.16. The van der Waals surface area contributed by atoms with Crippen LogP contribution in [-0.2, 0) is 9.59 Å². The van der Waals surface area contributed by atoms with Crippen LogP contribution in [0.2, 0.25) is 0 Å². The number of benzene rings is 1. The Morgan fingerprint density at radius 3 is 2.67 bits per heavy atom. The third-order valence-corrected chi connectivity index (χ3v) is 3.75. The molecule has 2 aromatic rings. The average molecular weight is 333 g/mol. The number of hydrogen-bond acceptors (Lipinski definition) is 5. The molecule has 0 spiro atoms. The summed E-state index contributed by atoms with van der Waals surface area (Å²) in [5, 5.41) is 11.8. The Labute approximate surface area is 138 Å². The molecule has 0 radical (unpaired) electrons. The number of aryl methyl sites for hydroxylation is 1. The number of ether oxygens (including phenoxy) is 1. The van der Waals surface area contributed by atoms with Crippen LogP contribution in [0.25, 0.3) is 11.0 Å². The lowest BCUT2D eigenvalue weighted by molar-refractivity contribution is -0.137. The Morgan fingerprint density at radius 2 is 2.00 bits per heavy atom. The second-order valence-corrected chi connectivity index (χ2v) is 5.49. The number of carboxylic acids is 1. The van der Waals surface area contributed by atoms with Gasteiger partial charge < -0.3 is 19.6 Å². The Hall–Kier alpha value is -2.83. The van der Waals surface area contributed by atoms with Crippen molar-refractivity contribution in [3.05, 3.63) is 39.7 Å². The molecule has 0 aliphatic rings. The summed E-state index contributed by atoms with van der Waals surface area (Å²) in [5.74, 6) is -1.02. The molecular formula is C17H19NO6. The van der Waals surface area contributed by atoms with Gasteiger partial charge in [-0.05, 0) is 38.5 Å². The van der Waals surface area contributed by atoms with E-state index in [4.69, 9.17) is 14.3 Å². The molecule has 0 aliphatic heterocycles. The standard InChI is InChI=1S/C17H19NO6/c1-9-10(2)17(22)24-14-8-12(4-5-13(9)14)23-11(3)16(21)18-7-6-15(19)20/h4-5,8,11H,6-7H2,1-3H3,(H,18,21)(H,19,20)/t11-/m1/s1. The number of aliphatic carboxylic acids is 1. The number of hydrogen-bond donors (Lipinski definition) is 2. The predicted molar refractivity (Wildman–Crippen MR) is 87.3 cm³/mol. The van der Waals surface area contributed by atoms with Crippen molar-refractivity contribution in [2.75, 3.05) is 6.54 Å². The van der Waals surface area contributed by atoms with Crippen molar-refractivity contribution in [2.24, 2.45) is 0 Å². The number of nitrogens with one attached hydrogen (secondary N) is 1. The van der Waals surface area contributed by atoms with Crippen molar-refractivity contribution in [3.8, 4) is 5.75 Å². The summed E-state index contributed by atoms with van der Waals surface area (Å²) in [4.78, 5) is 34.0. The molecule has 2 N–H and O–H groups in total. The van der Waals surface area contributed by atoms with E-state index in [9.17, 15) is 14.4 Å². The first kappa shape index (κ1) is 17.5. The summed E-state index contributed by atoms with van der Waals surface area (Å²) in [7, 11) is 0. The molecule has 0 bridgehead atoms. The summed E-state index contributed by atoms with van der Waals surface area (Å²) in [6, 6.07) is 5.02. The lowest BCUT2D eigenvalue weighted by Crippen LogP contribution is -2.37. The van der Waals surface area contributed by atoms with Gasteiger partial charge in [0, 0.05) is 23.6 Å². The van der Waals surface area contributed by atoms with E-state index in [1.807, 2.05) is 6.92 Å². The zero-order valence-electron chi connectivity index (χ0n) is 13.7. The van der Waals surface area contributed by atoms with E-state index >= 15 is 0 Å². The number of carbonyl (C=O) groups is 2. The molecule has 1 aromatic carbocycles. The third-order valence-electron chi connectivity index (χ3n) is 3.75. The zero-order chi connectivity index (χ0) is 17.9. The maximum absolute atomic E-state index is 11.8. The van der Waals surface area contributed by atoms with Gasteiger partial charge in [-0.3, -0.25) is 9.59 Å². The summed E-state index contributed by atoms with van der Waals surface area (Å²) >= 11 is 0. The summed E-state index contributed by atoms with van der Waals surface area (Å²) in [6.45, 7) is 5.13. The van der Waals surface area contributed by atoms with Crippen molar-refractivity contribution in [1.82, 2.24) is 5.32 Å². The normalized spacial score (nSPS) is 12.0. The first-order chi connectivity index (χ1) is 11.3. The van der Waals surface area contributed by atoms with Crippen LogP contribution in [0.1, 0.15) is 24.5 Å². The fourth-order valence-corrected chi connectivity index (χ4v) is 2.20. The molecule has 1 aromatic heterocycles. The average Bonchev–Trinajstić information content (AvgIpc) is 2.52. The minimum absolute atomic E-state index is 0.0347. The monoisotopic (exact) mass is 333 g/mol. The number of amides is 1. The smallest absolute Gasteiger partial charge is 0.339 e. The van der Waals surface area contributed by atoms with Crippen LogP contribution in [-0.4, -0.2) is 29.6 Å². The fraction of sp³-hybridized carbons (Fsp3) is 0.353. The van der Waals surface area contributed by atoms with Gasteiger partial charge in [0.1, 0.15) is 11.3 Å². The van der Waals surface area contributed by atoms with E-state index in [1.54, 1.807) is 32.0 Å². The molecule has 7 heteroatoms. The molecule has 24 heavy (non-hydrogen) atoms. The maximum Gasteiger partial charge on any atom is 0.339 e. The fourth-order valence-electron chi connectivity index (χ4n) is 2.20. The SMILES string of the molecule is Cc1c(C)c2ccc(O[C@H](C)C(=O)NCCC(=O)O)cc2oc1=O. The first-order valence-electron chi connectivity index (χ1n) is 7.50. The molecule has 2 rings (SSSR count). The van der Waals surface area contributed by atoms with Gasteiger partial charge in [-0.15, -0.1) is 0 Å². The van der Waals surface area contributed by atoms with Crippen molar-refractivity contribution < 1.29 is 23.8 Å². The van der Waals surface area contributed by atoms with Gasteiger partial charge in [-0.1, -0.05) is 0 Å². The van der Waals surface area contributed by atoms with E-state index in [0.717, 1.165) is 10.9 Å². The molecule has 0 fully saturated rings. The van der Waals surface area contributed by atoms with E-state index in [2.05, 4.69) is 5.32 Å². The molecule has 128 valence electrons. The largest absolute Gasteiger partial charge is 0.481 e. The minimum atomic E-state index is -0.987. The van der Waals surface area contributed by atoms with Crippen molar-refractivity contribution in [1.29, 1.82) is 0 Å². The number of rotatable bonds is 6. The van der Waals surface area contributed by atoms with E-state index in [-0.39, 0.29) is 13.0 Å². The highest BCUT2D eigenvalue weighted by Gasteiger charge is 2.16. The number of fused-ring (bicyclic) bond motifs is 1. The van der Waals surface area contributed by atoms with Crippen LogP contribution in [0.4, 0.5) is 0 Å². The third kappa shape index (κ3) is 3.92. The van der Waals surface area contributed by atoms with Gasteiger partial charge in [0.05, 0.1) is 6.42 Å². The Morgan fingerprint density at radius 1 is 1.29 bits per heavy atom. The van der Waals surface area contributed by atoms with Crippen LogP contribution in [0.5, 0.6) is 5.75 Å². The highest BCUT2D eigenvalue weighted by atomic mass is 16.5. The molecule has 0 unspecified atom stereocenters. The summed E-state index contributed by atoms with van der Waals surface area (Å²) < 4.78 is 10.8. The van der Waals surface area contributed by atoms with Gasteiger partial charge in [0.15, 0.2) is 6.10 Å². The molecule has 7 nitrogen and oxygen atoms in total. The highest BCUT2D eigenvalue weighted by molar-refractivity contribution is 5.83. The highest BCUT2D eigenvalue weighted by Crippen LogP contribution is 2.24. The molecule has 0 saturated carbocycles. The quantitative estimate of drug-likeness (QED) is 0.780.